The van der Waals surface area contributed by atoms with E-state index in [0.29, 0.717) is 11.3 Å². The molecule has 0 amide bonds. The van der Waals surface area contributed by atoms with Crippen LogP contribution >= 0.6 is 11.8 Å². The molecule has 0 aromatic heterocycles. The molecule has 1 aliphatic rings. The molecule has 0 heterocycles. The van der Waals surface area contributed by atoms with Crippen molar-refractivity contribution in [2.45, 2.75) is 19.5 Å². The summed E-state index contributed by atoms with van der Waals surface area (Å²) in [6.07, 6.45) is -1.46. The van der Waals surface area contributed by atoms with Crippen molar-refractivity contribution in [1.82, 2.24) is 0 Å². The number of halogens is 3. The largest absolute Gasteiger partial charge is 0.511 e. The Hall–Kier alpha value is -1.17. The second-order valence-electron chi connectivity index (χ2n) is 3.84. The van der Waals surface area contributed by atoms with E-state index < -0.39 is 17.9 Å². The first-order valence-corrected chi connectivity index (χ1v) is 6.32. The van der Waals surface area contributed by atoms with Crippen LogP contribution in [0.4, 0.5) is 13.2 Å². The second kappa shape index (κ2) is 6.13. The van der Waals surface area contributed by atoms with Crippen molar-refractivity contribution in [3.63, 3.8) is 0 Å². The second-order valence-corrected chi connectivity index (χ2v) is 4.73. The molecular weight excluding hydrogens is 265 g/mol. The molecule has 0 saturated heterocycles. The maximum atomic E-state index is 12.7. The van der Waals surface area contributed by atoms with Crippen LogP contribution in [0.3, 0.4) is 0 Å². The summed E-state index contributed by atoms with van der Waals surface area (Å²) < 4.78 is 38.1. The Balaban J connectivity index is 2.93. The number of aliphatic hydroxyl groups excluding tert-OH is 1. The van der Waals surface area contributed by atoms with Crippen molar-refractivity contribution >= 4 is 18.0 Å². The van der Waals surface area contributed by atoms with E-state index in [1.807, 2.05) is 6.92 Å². The van der Waals surface area contributed by atoms with Gasteiger partial charge in [-0.15, -0.1) is 11.8 Å². The van der Waals surface area contributed by atoms with Gasteiger partial charge in [0.15, 0.2) is 6.29 Å². The van der Waals surface area contributed by atoms with E-state index in [-0.39, 0.29) is 18.3 Å². The van der Waals surface area contributed by atoms with E-state index in [2.05, 4.69) is 0 Å². The molecular formula is C12H13F3O2S. The lowest BCUT2D eigenvalue weighted by Crippen LogP contribution is -2.28. The number of hydrogen-bond donors (Lipinski definition) is 1. The van der Waals surface area contributed by atoms with Gasteiger partial charge >= 0.3 is 6.18 Å². The van der Waals surface area contributed by atoms with E-state index in [0.717, 1.165) is 0 Å². The Morgan fingerprint density at radius 1 is 1.56 bits per heavy atom. The van der Waals surface area contributed by atoms with Crippen LogP contribution < -0.4 is 0 Å². The Morgan fingerprint density at radius 2 is 2.22 bits per heavy atom. The molecule has 0 saturated carbocycles. The fourth-order valence-corrected chi connectivity index (χ4v) is 2.33. The number of carbonyl (C=O) groups is 1. The molecule has 0 bridgehead atoms. The number of allylic oxidation sites excluding steroid dienone is 4. The van der Waals surface area contributed by atoms with Gasteiger partial charge in [-0.2, -0.15) is 13.2 Å². The van der Waals surface area contributed by atoms with Crippen molar-refractivity contribution in [2.24, 2.45) is 5.92 Å². The minimum Gasteiger partial charge on any atom is -0.511 e. The van der Waals surface area contributed by atoms with Gasteiger partial charge in [-0.3, -0.25) is 4.79 Å². The van der Waals surface area contributed by atoms with Crippen molar-refractivity contribution in [2.75, 3.05) is 5.75 Å². The van der Waals surface area contributed by atoms with Gasteiger partial charge in [0.25, 0.3) is 0 Å². The number of thioether (sulfide) groups is 1. The van der Waals surface area contributed by atoms with E-state index in [4.69, 9.17) is 0 Å². The molecule has 18 heavy (non-hydrogen) atoms. The number of hydrogen-bond acceptors (Lipinski definition) is 3. The van der Waals surface area contributed by atoms with Crippen molar-refractivity contribution in [1.29, 1.82) is 0 Å². The van der Waals surface area contributed by atoms with E-state index in [1.165, 1.54) is 17.8 Å². The number of aldehydes is 1. The van der Waals surface area contributed by atoms with Crippen LogP contribution in [-0.2, 0) is 4.79 Å². The predicted octanol–water partition coefficient (Wildman–Crippen LogP) is 3.77. The van der Waals surface area contributed by atoms with Gasteiger partial charge in [0.2, 0.25) is 0 Å². The van der Waals surface area contributed by atoms with Crippen LogP contribution in [0.15, 0.2) is 34.5 Å². The number of aliphatic hydroxyl groups is 1. The molecule has 1 unspecified atom stereocenters. The van der Waals surface area contributed by atoms with E-state index in [1.54, 1.807) is 11.5 Å². The van der Waals surface area contributed by atoms with Crippen molar-refractivity contribution in [3.8, 4) is 0 Å². The van der Waals surface area contributed by atoms with Gasteiger partial charge in [0.1, 0.15) is 11.7 Å². The molecule has 0 aliphatic heterocycles. The van der Waals surface area contributed by atoms with Crippen LogP contribution in [0.25, 0.3) is 0 Å². The van der Waals surface area contributed by atoms with Crippen LogP contribution in [-0.4, -0.2) is 23.3 Å². The monoisotopic (exact) mass is 278 g/mol. The lowest BCUT2D eigenvalue weighted by Gasteiger charge is -2.25. The zero-order chi connectivity index (χ0) is 13.8. The normalized spacial score (nSPS) is 21.3. The Kier molecular flexibility index (Phi) is 5.07. The molecule has 2 nitrogen and oxygen atoms in total. The third-order valence-corrected chi connectivity index (χ3v) is 3.48. The molecule has 0 aromatic rings. The summed E-state index contributed by atoms with van der Waals surface area (Å²) in [6, 6.07) is 0. The molecule has 1 atom stereocenters. The Labute approximate surface area is 107 Å². The smallest absolute Gasteiger partial charge is 0.399 e. The molecule has 0 aromatic carbocycles. The van der Waals surface area contributed by atoms with Gasteiger partial charge in [-0.1, -0.05) is 11.6 Å². The zero-order valence-corrected chi connectivity index (χ0v) is 10.5. The number of rotatable bonds is 4. The fourth-order valence-electron chi connectivity index (χ4n) is 1.63. The molecule has 0 radical (unpaired) electrons. The quantitative estimate of drug-likeness (QED) is 0.795. The maximum absolute atomic E-state index is 12.7. The highest BCUT2D eigenvalue weighted by molar-refractivity contribution is 8.02. The number of alkyl halides is 3. The molecule has 1 rings (SSSR count). The van der Waals surface area contributed by atoms with Crippen LogP contribution in [0.2, 0.25) is 0 Å². The van der Waals surface area contributed by atoms with Gasteiger partial charge in [-0.05, 0) is 24.8 Å². The summed E-state index contributed by atoms with van der Waals surface area (Å²) in [6.45, 7) is 1.81. The third kappa shape index (κ3) is 3.66. The van der Waals surface area contributed by atoms with Gasteiger partial charge in [0, 0.05) is 5.75 Å². The summed E-state index contributed by atoms with van der Waals surface area (Å²) in [4.78, 5) is 10.7. The summed E-state index contributed by atoms with van der Waals surface area (Å²) in [5, 5.41) is 11.2. The maximum Gasteiger partial charge on any atom is 0.399 e. The summed E-state index contributed by atoms with van der Waals surface area (Å²) in [5.41, 5.74) is 0.222. The summed E-state index contributed by atoms with van der Waals surface area (Å²) in [5.74, 6) is -2.47. The van der Waals surface area contributed by atoms with Crippen LogP contribution in [0.5, 0.6) is 0 Å². The van der Waals surface area contributed by atoms with Crippen LogP contribution in [0, 0.1) is 5.92 Å². The van der Waals surface area contributed by atoms with Gasteiger partial charge < -0.3 is 5.11 Å². The highest BCUT2D eigenvalue weighted by Crippen LogP contribution is 2.40. The molecule has 1 aliphatic carbocycles. The lowest BCUT2D eigenvalue weighted by atomic mass is 9.89. The Bertz CT molecular complexity index is 408. The van der Waals surface area contributed by atoms with E-state index >= 15 is 0 Å². The minimum atomic E-state index is -4.54. The summed E-state index contributed by atoms with van der Waals surface area (Å²) >= 11 is 1.35. The molecule has 6 heteroatoms. The third-order valence-electron chi connectivity index (χ3n) is 2.47. The van der Waals surface area contributed by atoms with Gasteiger partial charge in [0.05, 0.1) is 5.57 Å². The highest BCUT2D eigenvalue weighted by Gasteiger charge is 2.44. The summed E-state index contributed by atoms with van der Waals surface area (Å²) in [7, 11) is 0. The molecule has 0 spiro atoms. The lowest BCUT2D eigenvalue weighted by molar-refractivity contribution is -0.171. The van der Waals surface area contributed by atoms with Crippen LogP contribution in [0.1, 0.15) is 13.3 Å². The SMILES string of the molecule is C/C=C\SCC1=CC(C=O)=C(O)C(C(F)(F)F)C1. The topological polar surface area (TPSA) is 37.3 Å². The first-order chi connectivity index (χ1) is 8.40. The zero-order valence-electron chi connectivity index (χ0n) is 9.70. The standard InChI is InChI=1S/C12H13F3O2S/c1-2-3-18-7-8-4-9(6-16)11(17)10(5-8)12(13,14)15/h2-4,6,10,17H,5,7H2,1H3/b3-2-. The minimum absolute atomic E-state index is 0.257. The molecule has 1 N–H and O–H groups in total. The molecule has 100 valence electrons. The first-order valence-electron chi connectivity index (χ1n) is 5.27. The fraction of sp³-hybridized carbons (Fsp3) is 0.417. The van der Waals surface area contributed by atoms with E-state index in [9.17, 15) is 23.1 Å². The van der Waals surface area contributed by atoms with Crippen molar-refractivity contribution in [3.05, 3.63) is 34.5 Å². The Morgan fingerprint density at radius 3 is 2.72 bits per heavy atom. The predicted molar refractivity (Wildman–Crippen MR) is 65.2 cm³/mol. The highest BCUT2D eigenvalue weighted by atomic mass is 32.2. The average Bonchev–Trinajstić information content (AvgIpc) is 2.29. The average molecular weight is 278 g/mol. The first kappa shape index (κ1) is 14.9. The number of carbonyl (C=O) groups excluding carboxylic acids is 1. The van der Waals surface area contributed by atoms with Crippen molar-refractivity contribution < 1.29 is 23.1 Å². The van der Waals surface area contributed by atoms with Gasteiger partial charge in [-0.25, -0.2) is 0 Å². The molecule has 0 fully saturated rings.